The van der Waals surface area contributed by atoms with Crippen LogP contribution in [0.1, 0.15) is 31.3 Å². The minimum atomic E-state index is -0.447. The highest BCUT2D eigenvalue weighted by Crippen LogP contribution is 2.16. The zero-order valence-electron chi connectivity index (χ0n) is 10.4. The van der Waals surface area contributed by atoms with Gasteiger partial charge in [0.2, 0.25) is 0 Å². The standard InChI is InChI=1S/C11H16BrN3O2/c1-11(2,3)8(16)6-13-10(17)9-7(12)5-14-15(9)4/h5H,6H2,1-4H3,(H,13,17). The summed E-state index contributed by atoms with van der Waals surface area (Å²) in [4.78, 5) is 23.5. The number of carbonyl (C=O) groups excluding carboxylic acids is 2. The van der Waals surface area contributed by atoms with Crippen molar-refractivity contribution in [1.29, 1.82) is 0 Å². The van der Waals surface area contributed by atoms with Gasteiger partial charge < -0.3 is 5.32 Å². The van der Waals surface area contributed by atoms with Crippen molar-refractivity contribution in [2.24, 2.45) is 12.5 Å². The summed E-state index contributed by atoms with van der Waals surface area (Å²) in [5.74, 6) is -0.321. The smallest absolute Gasteiger partial charge is 0.271 e. The Morgan fingerprint density at radius 1 is 1.47 bits per heavy atom. The highest BCUT2D eigenvalue weighted by Gasteiger charge is 2.22. The molecule has 94 valence electrons. The number of hydrogen-bond acceptors (Lipinski definition) is 3. The van der Waals surface area contributed by atoms with Crippen LogP contribution in [0, 0.1) is 5.41 Å². The van der Waals surface area contributed by atoms with Crippen LogP contribution >= 0.6 is 15.9 Å². The maximum Gasteiger partial charge on any atom is 0.271 e. The molecule has 0 aliphatic rings. The maximum absolute atomic E-state index is 11.8. The highest BCUT2D eigenvalue weighted by molar-refractivity contribution is 9.10. The molecule has 1 N–H and O–H groups in total. The first-order chi connectivity index (χ1) is 7.73. The maximum atomic E-state index is 11.8. The molecule has 0 saturated heterocycles. The number of nitrogens with zero attached hydrogens (tertiary/aromatic N) is 2. The number of nitrogens with one attached hydrogen (secondary N) is 1. The number of carbonyl (C=O) groups is 2. The Hall–Kier alpha value is -1.17. The summed E-state index contributed by atoms with van der Waals surface area (Å²) in [7, 11) is 1.67. The predicted octanol–water partition coefficient (Wildman–Crippen LogP) is 1.53. The first-order valence-electron chi connectivity index (χ1n) is 5.22. The van der Waals surface area contributed by atoms with Crippen molar-refractivity contribution in [3.05, 3.63) is 16.4 Å². The van der Waals surface area contributed by atoms with Gasteiger partial charge in [-0.15, -0.1) is 0 Å². The van der Waals surface area contributed by atoms with Crippen LogP contribution in [0.25, 0.3) is 0 Å². The van der Waals surface area contributed by atoms with Gasteiger partial charge in [-0.05, 0) is 15.9 Å². The van der Waals surface area contributed by atoms with Gasteiger partial charge in [0.25, 0.3) is 5.91 Å². The molecule has 1 aromatic rings. The van der Waals surface area contributed by atoms with Gasteiger partial charge in [0.1, 0.15) is 5.69 Å². The van der Waals surface area contributed by atoms with Gasteiger partial charge in [-0.25, -0.2) is 0 Å². The lowest BCUT2D eigenvalue weighted by Gasteiger charge is -2.16. The van der Waals surface area contributed by atoms with Gasteiger partial charge >= 0.3 is 0 Å². The fraction of sp³-hybridized carbons (Fsp3) is 0.545. The van der Waals surface area contributed by atoms with Crippen LogP contribution in [-0.2, 0) is 11.8 Å². The molecule has 0 radical (unpaired) electrons. The molecule has 1 aromatic heterocycles. The van der Waals surface area contributed by atoms with Gasteiger partial charge in [0, 0.05) is 12.5 Å². The molecule has 0 aromatic carbocycles. The minimum Gasteiger partial charge on any atom is -0.344 e. The summed E-state index contributed by atoms with van der Waals surface area (Å²) in [5, 5.41) is 6.53. The number of Topliss-reactive ketones (excluding diaryl/α,β-unsaturated/α-hetero) is 1. The van der Waals surface area contributed by atoms with Gasteiger partial charge in [-0.2, -0.15) is 5.10 Å². The molecule has 0 aliphatic carbocycles. The van der Waals surface area contributed by atoms with Crippen LogP contribution in [0.4, 0.5) is 0 Å². The zero-order valence-corrected chi connectivity index (χ0v) is 12.0. The molecule has 5 nitrogen and oxygen atoms in total. The van der Waals surface area contributed by atoms with E-state index in [4.69, 9.17) is 0 Å². The average molecular weight is 302 g/mol. The SMILES string of the molecule is Cn1ncc(Br)c1C(=O)NCC(=O)C(C)(C)C. The molecule has 1 heterocycles. The summed E-state index contributed by atoms with van der Waals surface area (Å²) in [6.45, 7) is 5.49. The minimum absolute atomic E-state index is 0.0101. The van der Waals surface area contributed by atoms with Crippen molar-refractivity contribution in [3.63, 3.8) is 0 Å². The Kier molecular flexibility index (Phi) is 4.08. The van der Waals surface area contributed by atoms with Gasteiger partial charge in [-0.3, -0.25) is 14.3 Å². The van der Waals surface area contributed by atoms with Crippen LogP contribution < -0.4 is 5.32 Å². The van der Waals surface area contributed by atoms with E-state index in [9.17, 15) is 9.59 Å². The Balaban J connectivity index is 2.66. The normalized spacial score (nSPS) is 11.4. The van der Waals surface area contributed by atoms with Crippen molar-refractivity contribution in [1.82, 2.24) is 15.1 Å². The van der Waals surface area contributed by atoms with Crippen molar-refractivity contribution in [2.45, 2.75) is 20.8 Å². The number of aryl methyl sites for hydroxylation is 1. The lowest BCUT2D eigenvalue weighted by molar-refractivity contribution is -0.125. The summed E-state index contributed by atoms with van der Waals surface area (Å²) in [6, 6.07) is 0. The summed E-state index contributed by atoms with van der Waals surface area (Å²) < 4.78 is 2.07. The summed E-state index contributed by atoms with van der Waals surface area (Å²) in [5.41, 5.74) is -0.0385. The second-order valence-electron chi connectivity index (χ2n) is 4.82. The third-order valence-electron chi connectivity index (χ3n) is 2.36. The van der Waals surface area contributed by atoms with E-state index in [0.29, 0.717) is 10.2 Å². The van der Waals surface area contributed by atoms with E-state index in [1.807, 2.05) is 20.8 Å². The Morgan fingerprint density at radius 2 is 2.06 bits per heavy atom. The molecular formula is C11H16BrN3O2. The molecule has 0 fully saturated rings. The number of rotatable bonds is 3. The van der Waals surface area contributed by atoms with Gasteiger partial charge in [-0.1, -0.05) is 20.8 Å². The predicted molar refractivity (Wildman–Crippen MR) is 67.7 cm³/mol. The average Bonchev–Trinajstić information content (AvgIpc) is 2.53. The van der Waals surface area contributed by atoms with Crippen LogP contribution in [0.5, 0.6) is 0 Å². The lowest BCUT2D eigenvalue weighted by Crippen LogP contribution is -2.36. The molecule has 0 atom stereocenters. The van der Waals surface area contributed by atoms with E-state index in [0.717, 1.165) is 0 Å². The van der Waals surface area contributed by atoms with Crippen molar-refractivity contribution in [3.8, 4) is 0 Å². The first-order valence-corrected chi connectivity index (χ1v) is 6.02. The Labute approximate surface area is 109 Å². The summed E-state index contributed by atoms with van der Waals surface area (Å²) >= 11 is 3.24. The molecule has 0 bridgehead atoms. The van der Waals surface area contributed by atoms with Gasteiger partial charge in [0.15, 0.2) is 5.78 Å². The molecule has 0 unspecified atom stereocenters. The van der Waals surface area contributed by atoms with Crippen molar-refractivity contribution >= 4 is 27.6 Å². The number of aromatic nitrogens is 2. The number of ketones is 1. The van der Waals surface area contributed by atoms with E-state index >= 15 is 0 Å². The van der Waals surface area contributed by atoms with E-state index in [1.54, 1.807) is 13.2 Å². The van der Waals surface area contributed by atoms with E-state index in [2.05, 4.69) is 26.3 Å². The van der Waals surface area contributed by atoms with Crippen molar-refractivity contribution in [2.75, 3.05) is 6.54 Å². The highest BCUT2D eigenvalue weighted by atomic mass is 79.9. The molecule has 0 spiro atoms. The lowest BCUT2D eigenvalue weighted by atomic mass is 9.91. The third-order valence-corrected chi connectivity index (χ3v) is 2.94. The molecular weight excluding hydrogens is 286 g/mol. The molecule has 17 heavy (non-hydrogen) atoms. The summed E-state index contributed by atoms with van der Waals surface area (Å²) in [6.07, 6.45) is 1.54. The topological polar surface area (TPSA) is 64.0 Å². The van der Waals surface area contributed by atoms with Gasteiger partial charge in [0.05, 0.1) is 17.2 Å². The van der Waals surface area contributed by atoms with E-state index < -0.39 is 5.41 Å². The van der Waals surface area contributed by atoms with Crippen LogP contribution in [0.3, 0.4) is 0 Å². The number of hydrogen-bond donors (Lipinski definition) is 1. The second kappa shape index (κ2) is 5.00. The van der Waals surface area contributed by atoms with E-state index in [1.165, 1.54) is 4.68 Å². The number of halogens is 1. The Morgan fingerprint density at radius 3 is 2.47 bits per heavy atom. The largest absolute Gasteiger partial charge is 0.344 e. The number of amides is 1. The van der Waals surface area contributed by atoms with Crippen LogP contribution in [-0.4, -0.2) is 28.0 Å². The zero-order chi connectivity index (χ0) is 13.2. The second-order valence-corrected chi connectivity index (χ2v) is 5.67. The molecule has 1 rings (SSSR count). The fourth-order valence-electron chi connectivity index (χ4n) is 1.18. The third kappa shape index (κ3) is 3.39. The Bertz CT molecular complexity index is 427. The monoisotopic (exact) mass is 301 g/mol. The molecule has 6 heteroatoms. The van der Waals surface area contributed by atoms with Crippen LogP contribution in [0.15, 0.2) is 10.7 Å². The first kappa shape index (κ1) is 13.9. The fourth-order valence-corrected chi connectivity index (χ4v) is 1.70. The molecule has 0 aliphatic heterocycles. The van der Waals surface area contributed by atoms with Crippen LogP contribution in [0.2, 0.25) is 0 Å². The van der Waals surface area contributed by atoms with E-state index in [-0.39, 0.29) is 18.2 Å². The van der Waals surface area contributed by atoms with Crippen molar-refractivity contribution < 1.29 is 9.59 Å². The molecule has 1 amide bonds. The molecule has 0 saturated carbocycles. The quantitative estimate of drug-likeness (QED) is 0.921.